The number of carbonyl (C=O) groups excluding carboxylic acids is 2. The van der Waals surface area contributed by atoms with Crippen molar-refractivity contribution < 1.29 is 19.2 Å². The summed E-state index contributed by atoms with van der Waals surface area (Å²) in [6, 6.07) is 1.25. The van der Waals surface area contributed by atoms with E-state index in [1.807, 2.05) is 0 Å². The summed E-state index contributed by atoms with van der Waals surface area (Å²) in [4.78, 5) is 32.6. The predicted molar refractivity (Wildman–Crippen MR) is 72.0 cm³/mol. The van der Waals surface area contributed by atoms with Crippen molar-refractivity contribution in [1.82, 2.24) is 15.1 Å². The lowest BCUT2D eigenvalue weighted by atomic mass is 10.3. The van der Waals surface area contributed by atoms with Crippen molar-refractivity contribution in [1.29, 1.82) is 0 Å². The Balaban J connectivity index is 2.43. The molecule has 0 fully saturated rings. The second kappa shape index (κ2) is 7.78. The number of nitro groups is 1. The molecule has 0 bridgehead atoms. The Labute approximate surface area is 120 Å². The van der Waals surface area contributed by atoms with Gasteiger partial charge in [0, 0.05) is 18.2 Å². The van der Waals surface area contributed by atoms with Crippen molar-refractivity contribution in [2.45, 2.75) is 26.8 Å². The van der Waals surface area contributed by atoms with Gasteiger partial charge in [0.1, 0.15) is 0 Å². The molecule has 9 nitrogen and oxygen atoms in total. The molecule has 1 N–H and O–H groups in total. The van der Waals surface area contributed by atoms with E-state index in [1.54, 1.807) is 13.8 Å². The molecule has 0 saturated heterocycles. The largest absolute Gasteiger partial charge is 0.463 e. The lowest BCUT2D eigenvalue weighted by molar-refractivity contribution is -0.389. The highest BCUT2D eigenvalue weighted by Gasteiger charge is 2.12. The van der Waals surface area contributed by atoms with Crippen LogP contribution in [0.15, 0.2) is 24.0 Å². The molecule has 0 aliphatic carbocycles. The van der Waals surface area contributed by atoms with Crippen LogP contribution in [0.4, 0.5) is 5.82 Å². The van der Waals surface area contributed by atoms with E-state index >= 15 is 0 Å². The van der Waals surface area contributed by atoms with Crippen molar-refractivity contribution in [3.63, 3.8) is 0 Å². The van der Waals surface area contributed by atoms with Crippen molar-refractivity contribution in [3.05, 3.63) is 34.2 Å². The Hall–Kier alpha value is -2.71. The van der Waals surface area contributed by atoms with Gasteiger partial charge in [-0.3, -0.25) is 4.79 Å². The number of nitrogens with one attached hydrogen (secondary N) is 1. The molecular formula is C12H16N4O5. The van der Waals surface area contributed by atoms with Crippen LogP contribution in [0.5, 0.6) is 0 Å². The van der Waals surface area contributed by atoms with Gasteiger partial charge in [-0.15, -0.1) is 0 Å². The Kier molecular flexibility index (Phi) is 6.05. The summed E-state index contributed by atoms with van der Waals surface area (Å²) in [5.41, 5.74) is 0.366. The summed E-state index contributed by atoms with van der Waals surface area (Å²) in [5.74, 6) is -1.13. The molecule has 0 aliphatic rings. The standard InChI is InChI=1S/C12H16N4O5/c1-3-21-12(18)8-9(2)13-11(17)5-7-15-6-4-10(14-15)16(19)20/h4,6,8H,3,5,7H2,1-2H3,(H,13,17)/b9-8+. The molecule has 1 amide bonds. The maximum Gasteiger partial charge on any atom is 0.389 e. The summed E-state index contributed by atoms with van der Waals surface area (Å²) < 4.78 is 6.01. The average molecular weight is 296 g/mol. The number of nitrogens with zero attached hydrogens (tertiary/aromatic N) is 3. The highest BCUT2D eigenvalue weighted by atomic mass is 16.6. The van der Waals surface area contributed by atoms with E-state index < -0.39 is 10.9 Å². The van der Waals surface area contributed by atoms with Crippen LogP contribution in [-0.4, -0.2) is 33.2 Å². The second-order valence-corrected chi connectivity index (χ2v) is 4.07. The number of carbonyl (C=O) groups is 2. The second-order valence-electron chi connectivity index (χ2n) is 4.07. The lowest BCUT2D eigenvalue weighted by Crippen LogP contribution is -2.23. The maximum atomic E-state index is 11.6. The number of rotatable bonds is 7. The van der Waals surface area contributed by atoms with Crippen LogP contribution < -0.4 is 5.32 Å². The Morgan fingerprint density at radius 2 is 2.29 bits per heavy atom. The molecule has 0 spiro atoms. The molecule has 9 heteroatoms. The molecule has 1 aromatic rings. The van der Waals surface area contributed by atoms with E-state index in [9.17, 15) is 19.7 Å². The van der Waals surface area contributed by atoms with Gasteiger partial charge in [-0.1, -0.05) is 0 Å². The van der Waals surface area contributed by atoms with Crippen LogP contribution in [0, 0.1) is 10.1 Å². The smallest absolute Gasteiger partial charge is 0.389 e. The van der Waals surface area contributed by atoms with Crippen LogP contribution in [0.3, 0.4) is 0 Å². The molecule has 0 radical (unpaired) electrons. The van der Waals surface area contributed by atoms with Gasteiger partial charge in [-0.05, 0) is 18.8 Å². The quantitative estimate of drug-likeness (QED) is 0.344. The number of aromatic nitrogens is 2. The van der Waals surface area contributed by atoms with Crippen LogP contribution in [0.1, 0.15) is 20.3 Å². The number of hydrogen-bond acceptors (Lipinski definition) is 6. The monoisotopic (exact) mass is 296 g/mol. The first-order valence-corrected chi connectivity index (χ1v) is 6.25. The van der Waals surface area contributed by atoms with E-state index in [1.165, 1.54) is 23.0 Å². The zero-order chi connectivity index (χ0) is 15.8. The number of ether oxygens (including phenoxy) is 1. The fraction of sp³-hybridized carbons (Fsp3) is 0.417. The van der Waals surface area contributed by atoms with Crippen LogP contribution in [0.25, 0.3) is 0 Å². The molecule has 1 aromatic heterocycles. The number of allylic oxidation sites excluding steroid dienone is 1. The van der Waals surface area contributed by atoms with Crippen molar-refractivity contribution in [2.24, 2.45) is 0 Å². The Bertz CT molecular complexity index is 564. The minimum Gasteiger partial charge on any atom is -0.463 e. The highest BCUT2D eigenvalue weighted by Crippen LogP contribution is 2.05. The third-order valence-electron chi connectivity index (χ3n) is 2.34. The third-order valence-corrected chi connectivity index (χ3v) is 2.34. The third kappa shape index (κ3) is 5.85. The molecule has 0 aliphatic heterocycles. The SMILES string of the molecule is CCOC(=O)/C=C(\C)NC(=O)CCn1ccc([N+](=O)[O-])n1. The summed E-state index contributed by atoms with van der Waals surface area (Å²) in [7, 11) is 0. The van der Waals surface area contributed by atoms with E-state index in [4.69, 9.17) is 4.74 Å². The molecule has 0 atom stereocenters. The molecule has 21 heavy (non-hydrogen) atoms. The molecular weight excluding hydrogens is 280 g/mol. The first-order valence-electron chi connectivity index (χ1n) is 6.25. The summed E-state index contributed by atoms with van der Waals surface area (Å²) in [6.07, 6.45) is 2.68. The number of esters is 1. The average Bonchev–Trinajstić information content (AvgIpc) is 2.85. The summed E-state index contributed by atoms with van der Waals surface area (Å²) >= 11 is 0. The van der Waals surface area contributed by atoms with Gasteiger partial charge in [0.15, 0.2) is 0 Å². The van der Waals surface area contributed by atoms with Gasteiger partial charge in [0.25, 0.3) is 0 Å². The molecule has 0 aromatic carbocycles. The zero-order valence-electron chi connectivity index (χ0n) is 11.7. The number of amides is 1. The Morgan fingerprint density at radius 3 is 2.86 bits per heavy atom. The minimum atomic E-state index is -0.608. The molecule has 1 rings (SSSR count). The first kappa shape index (κ1) is 16.3. The van der Waals surface area contributed by atoms with Gasteiger partial charge >= 0.3 is 11.8 Å². The van der Waals surface area contributed by atoms with Crippen molar-refractivity contribution in [3.8, 4) is 0 Å². The van der Waals surface area contributed by atoms with E-state index in [2.05, 4.69) is 10.4 Å². The number of aryl methyl sites for hydroxylation is 1. The zero-order valence-corrected chi connectivity index (χ0v) is 11.7. The van der Waals surface area contributed by atoms with Gasteiger partial charge in [-0.2, -0.15) is 4.68 Å². The van der Waals surface area contributed by atoms with Gasteiger partial charge < -0.3 is 20.2 Å². The highest BCUT2D eigenvalue weighted by molar-refractivity contribution is 5.84. The fourth-order valence-electron chi connectivity index (χ4n) is 1.47. The van der Waals surface area contributed by atoms with Gasteiger partial charge in [0.05, 0.1) is 30.5 Å². The maximum absolute atomic E-state index is 11.6. The van der Waals surface area contributed by atoms with Gasteiger partial charge in [-0.25, -0.2) is 4.79 Å². The summed E-state index contributed by atoms with van der Waals surface area (Å²) in [6.45, 7) is 3.71. The van der Waals surface area contributed by atoms with Gasteiger partial charge in [0.2, 0.25) is 5.91 Å². The van der Waals surface area contributed by atoms with Crippen LogP contribution >= 0.6 is 0 Å². The lowest BCUT2D eigenvalue weighted by Gasteiger charge is -2.04. The number of hydrogen-bond donors (Lipinski definition) is 1. The van der Waals surface area contributed by atoms with Crippen molar-refractivity contribution >= 4 is 17.7 Å². The topological polar surface area (TPSA) is 116 Å². The molecule has 0 saturated carbocycles. The van der Waals surface area contributed by atoms with E-state index in [-0.39, 0.29) is 31.3 Å². The van der Waals surface area contributed by atoms with E-state index in [0.29, 0.717) is 5.70 Å². The molecule has 1 heterocycles. The first-order chi connectivity index (χ1) is 9.92. The Morgan fingerprint density at radius 1 is 1.57 bits per heavy atom. The normalized spacial score (nSPS) is 11.0. The van der Waals surface area contributed by atoms with Crippen molar-refractivity contribution in [2.75, 3.05) is 6.61 Å². The summed E-state index contributed by atoms with van der Waals surface area (Å²) in [5, 5.41) is 16.7. The fourth-order valence-corrected chi connectivity index (χ4v) is 1.47. The minimum absolute atomic E-state index is 0.0762. The predicted octanol–water partition coefficient (Wildman–Crippen LogP) is 0.764. The van der Waals surface area contributed by atoms with E-state index in [0.717, 1.165) is 0 Å². The van der Waals surface area contributed by atoms with Crippen LogP contribution in [0.2, 0.25) is 0 Å². The molecule has 0 unspecified atom stereocenters. The van der Waals surface area contributed by atoms with Crippen LogP contribution in [-0.2, 0) is 20.9 Å². The molecule has 114 valence electrons.